The molecule has 176 valence electrons. The quantitative estimate of drug-likeness (QED) is 0.708. The van der Waals surface area contributed by atoms with E-state index < -0.39 is 5.92 Å². The van der Waals surface area contributed by atoms with E-state index in [-0.39, 0.29) is 24.4 Å². The summed E-state index contributed by atoms with van der Waals surface area (Å²) < 4.78 is 32.3. The maximum Gasteiger partial charge on any atom is 0.250 e. The Bertz CT molecular complexity index is 1060. The number of piperidine rings is 1. The molecular formula is C22H28F2N8S. The van der Waals surface area contributed by atoms with Crippen LogP contribution in [0.5, 0.6) is 0 Å². The van der Waals surface area contributed by atoms with Gasteiger partial charge in [-0.1, -0.05) is 0 Å². The van der Waals surface area contributed by atoms with Crippen LogP contribution in [0.2, 0.25) is 0 Å². The number of hydrogen-bond donors (Lipinski definition) is 1. The average molecular weight is 475 g/mol. The number of aryl methyl sites for hydroxylation is 2. The molecular weight excluding hydrogens is 446 g/mol. The average Bonchev–Trinajstić information content (AvgIpc) is 3.15. The Labute approximate surface area is 196 Å². The van der Waals surface area contributed by atoms with Crippen molar-refractivity contribution in [3.63, 3.8) is 0 Å². The van der Waals surface area contributed by atoms with Crippen molar-refractivity contribution in [2.24, 2.45) is 0 Å². The number of piperazine rings is 1. The van der Waals surface area contributed by atoms with E-state index in [4.69, 9.17) is 4.98 Å². The molecule has 0 radical (unpaired) electrons. The van der Waals surface area contributed by atoms with Crippen LogP contribution in [0.25, 0.3) is 0 Å². The first-order chi connectivity index (χ1) is 15.8. The summed E-state index contributed by atoms with van der Waals surface area (Å²) >= 11 is 1.36. The van der Waals surface area contributed by atoms with E-state index in [1.54, 1.807) is 6.20 Å². The first kappa shape index (κ1) is 22.4. The van der Waals surface area contributed by atoms with E-state index in [0.29, 0.717) is 38.5 Å². The molecule has 33 heavy (non-hydrogen) atoms. The molecule has 2 aromatic heterocycles. The molecule has 0 aliphatic carbocycles. The largest absolute Gasteiger partial charge is 0.352 e. The fourth-order valence-corrected chi connectivity index (χ4v) is 5.95. The normalized spacial score (nSPS) is 24.6. The summed E-state index contributed by atoms with van der Waals surface area (Å²) in [6, 6.07) is 4.15. The Morgan fingerprint density at radius 3 is 2.82 bits per heavy atom. The maximum absolute atomic E-state index is 14.0. The van der Waals surface area contributed by atoms with Crippen LogP contribution in [0.3, 0.4) is 0 Å². The molecule has 5 rings (SSSR count). The summed E-state index contributed by atoms with van der Waals surface area (Å²) in [5, 5.41) is 13.7. The monoisotopic (exact) mass is 474 g/mol. The molecule has 0 saturated carbocycles. The van der Waals surface area contributed by atoms with Crippen molar-refractivity contribution in [2.75, 3.05) is 49.5 Å². The standard InChI is InChI=1S/C22H28F2N8S/c1-15-11-26-20(27-18-9-16(2)29-33-18)28-19(15)31-13-21(14-31,3-5-25)32-8-7-30-6-4-22(23,24)10-17(30)12-32/h9,11,17H,3-4,6-8,10,12-14H2,1-2H3,(H,26,27,28)/t17-/m0/s1. The second-order valence-corrected chi connectivity index (χ2v) is 10.3. The lowest BCUT2D eigenvalue weighted by atomic mass is 9.82. The van der Waals surface area contributed by atoms with Crippen LogP contribution in [0.1, 0.15) is 30.5 Å². The fraction of sp³-hybridized carbons (Fsp3) is 0.636. The number of rotatable bonds is 5. The van der Waals surface area contributed by atoms with Crippen molar-refractivity contribution < 1.29 is 8.78 Å². The minimum Gasteiger partial charge on any atom is -0.352 e. The van der Waals surface area contributed by atoms with Crippen LogP contribution in [0.4, 0.5) is 25.5 Å². The molecule has 2 aromatic rings. The summed E-state index contributed by atoms with van der Waals surface area (Å²) in [5.41, 5.74) is 1.57. The summed E-state index contributed by atoms with van der Waals surface area (Å²) in [6.07, 6.45) is 2.03. The molecule has 0 spiro atoms. The number of halogens is 2. The number of hydrogen-bond acceptors (Lipinski definition) is 9. The summed E-state index contributed by atoms with van der Waals surface area (Å²) in [4.78, 5) is 15.8. The molecule has 3 aliphatic heterocycles. The molecule has 11 heteroatoms. The van der Waals surface area contributed by atoms with E-state index in [0.717, 1.165) is 35.2 Å². The second kappa shape index (κ2) is 8.42. The number of nitrogens with one attached hydrogen (secondary N) is 1. The predicted molar refractivity (Wildman–Crippen MR) is 123 cm³/mol. The van der Waals surface area contributed by atoms with Gasteiger partial charge in [0.1, 0.15) is 10.8 Å². The molecule has 3 aliphatic rings. The van der Waals surface area contributed by atoms with Crippen LogP contribution in [0, 0.1) is 25.2 Å². The van der Waals surface area contributed by atoms with Gasteiger partial charge in [-0.05, 0) is 31.4 Å². The van der Waals surface area contributed by atoms with Crippen LogP contribution in [0.15, 0.2) is 12.3 Å². The SMILES string of the molecule is Cc1cc(Nc2ncc(C)c(N3CC(CC#N)(N4CCN5CCC(F)(F)C[C@H]5C4)C3)n2)sn1. The van der Waals surface area contributed by atoms with Gasteiger partial charge in [0.25, 0.3) is 5.92 Å². The van der Waals surface area contributed by atoms with Gasteiger partial charge < -0.3 is 10.2 Å². The molecule has 8 nitrogen and oxygen atoms in total. The molecule has 3 fully saturated rings. The highest BCUT2D eigenvalue weighted by Crippen LogP contribution is 2.40. The van der Waals surface area contributed by atoms with Crippen molar-refractivity contribution in [1.82, 2.24) is 24.1 Å². The van der Waals surface area contributed by atoms with E-state index in [9.17, 15) is 14.0 Å². The summed E-state index contributed by atoms with van der Waals surface area (Å²) in [6.45, 7) is 7.85. The van der Waals surface area contributed by atoms with E-state index >= 15 is 0 Å². The van der Waals surface area contributed by atoms with Crippen molar-refractivity contribution in [1.29, 1.82) is 5.26 Å². The molecule has 0 unspecified atom stereocenters. The molecule has 3 saturated heterocycles. The van der Waals surface area contributed by atoms with Gasteiger partial charge in [0.2, 0.25) is 5.95 Å². The van der Waals surface area contributed by atoms with Crippen LogP contribution in [-0.4, -0.2) is 80.9 Å². The Hall–Kier alpha value is -2.42. The number of nitrogens with zero attached hydrogens (tertiary/aromatic N) is 7. The topological polar surface area (TPSA) is 84.2 Å². The van der Waals surface area contributed by atoms with Crippen LogP contribution >= 0.6 is 11.5 Å². The first-order valence-electron chi connectivity index (χ1n) is 11.3. The highest BCUT2D eigenvalue weighted by Gasteiger charge is 2.52. The van der Waals surface area contributed by atoms with E-state index in [1.165, 1.54) is 11.5 Å². The molecule has 0 bridgehead atoms. The number of aromatic nitrogens is 3. The molecule has 0 aromatic carbocycles. The minimum absolute atomic E-state index is 0.0505. The van der Waals surface area contributed by atoms with Crippen molar-refractivity contribution in [3.05, 3.63) is 23.5 Å². The number of fused-ring (bicyclic) bond motifs is 1. The van der Waals surface area contributed by atoms with Gasteiger partial charge in [-0.25, -0.2) is 13.8 Å². The third-order valence-electron chi connectivity index (χ3n) is 7.06. The molecule has 1 atom stereocenters. The number of anilines is 3. The lowest BCUT2D eigenvalue weighted by Gasteiger charge is -2.59. The Morgan fingerprint density at radius 2 is 2.09 bits per heavy atom. The third-order valence-corrected chi connectivity index (χ3v) is 7.86. The number of alkyl halides is 2. The zero-order valence-corrected chi connectivity index (χ0v) is 19.7. The lowest BCUT2D eigenvalue weighted by Crippen LogP contribution is -2.74. The highest BCUT2D eigenvalue weighted by atomic mass is 32.1. The number of nitriles is 1. The predicted octanol–water partition coefficient (Wildman–Crippen LogP) is 3.18. The lowest BCUT2D eigenvalue weighted by molar-refractivity contribution is -0.109. The minimum atomic E-state index is -2.59. The van der Waals surface area contributed by atoms with Crippen molar-refractivity contribution >= 4 is 28.3 Å². The summed E-state index contributed by atoms with van der Waals surface area (Å²) in [5.74, 6) is -1.24. The summed E-state index contributed by atoms with van der Waals surface area (Å²) in [7, 11) is 0. The smallest absolute Gasteiger partial charge is 0.250 e. The second-order valence-electron chi connectivity index (χ2n) is 9.52. The zero-order valence-electron chi connectivity index (χ0n) is 18.9. The molecule has 0 amide bonds. The van der Waals surface area contributed by atoms with Crippen molar-refractivity contribution in [3.8, 4) is 6.07 Å². The zero-order chi connectivity index (χ0) is 23.2. The Balaban J connectivity index is 1.30. The van der Waals surface area contributed by atoms with Gasteiger partial charge in [0.15, 0.2) is 0 Å². The van der Waals surface area contributed by atoms with Gasteiger partial charge in [-0.2, -0.15) is 14.6 Å². The van der Waals surface area contributed by atoms with Gasteiger partial charge in [0, 0.05) is 69.9 Å². The highest BCUT2D eigenvalue weighted by molar-refractivity contribution is 7.10. The van der Waals surface area contributed by atoms with E-state index in [1.807, 2.05) is 19.9 Å². The van der Waals surface area contributed by atoms with Gasteiger partial charge >= 0.3 is 0 Å². The first-order valence-corrected chi connectivity index (χ1v) is 12.1. The van der Waals surface area contributed by atoms with Crippen LogP contribution < -0.4 is 10.2 Å². The fourth-order valence-electron chi connectivity index (χ4n) is 5.30. The van der Waals surface area contributed by atoms with Gasteiger partial charge in [0.05, 0.1) is 23.7 Å². The van der Waals surface area contributed by atoms with Crippen LogP contribution in [-0.2, 0) is 0 Å². The van der Waals surface area contributed by atoms with Crippen molar-refractivity contribution in [2.45, 2.75) is 50.6 Å². The van der Waals surface area contributed by atoms with Gasteiger partial charge in [-0.15, -0.1) is 0 Å². The Morgan fingerprint density at radius 1 is 1.27 bits per heavy atom. The molecule has 1 N–H and O–H groups in total. The molecule has 5 heterocycles. The Kier molecular flexibility index (Phi) is 5.71. The third kappa shape index (κ3) is 4.39. The van der Waals surface area contributed by atoms with E-state index in [2.05, 4.69) is 35.4 Å². The van der Waals surface area contributed by atoms with Gasteiger partial charge in [-0.3, -0.25) is 9.80 Å². The maximum atomic E-state index is 14.0.